The second-order valence-electron chi connectivity index (χ2n) is 0. The molecule has 0 spiro atoms. The van der Waals surface area contributed by atoms with Gasteiger partial charge < -0.3 is 0 Å². The third-order valence-electron chi connectivity index (χ3n) is 0. The van der Waals surface area contributed by atoms with Gasteiger partial charge in [0, 0.05) is 43.4 Å². The van der Waals surface area contributed by atoms with Crippen molar-refractivity contribution in [3.8, 4) is 0 Å². The standard InChI is InChI=1S/FH.Na.2Ti.H/h1H;;;;. The normalized spacial score (nSPS) is 0. The maximum Gasteiger partial charge on any atom is 0 e. The van der Waals surface area contributed by atoms with Crippen molar-refractivity contribution in [3.63, 3.8) is 0 Å². The van der Waals surface area contributed by atoms with E-state index in [1.165, 1.54) is 0 Å². The van der Waals surface area contributed by atoms with Gasteiger partial charge in [0.25, 0.3) is 0 Å². The van der Waals surface area contributed by atoms with Crippen LogP contribution in [0.3, 0.4) is 0 Å². The summed E-state index contributed by atoms with van der Waals surface area (Å²) in [7, 11) is 0. The number of halogens is 1. The molecule has 4 heteroatoms. The minimum absolute atomic E-state index is 0. The summed E-state index contributed by atoms with van der Waals surface area (Å²) in [5.74, 6) is 0. The van der Waals surface area contributed by atoms with Crippen molar-refractivity contribution in [1.29, 1.82) is 0 Å². The van der Waals surface area contributed by atoms with Crippen LogP contribution < -0.4 is 0 Å². The Morgan fingerprint density at radius 2 is 0.750 bits per heavy atom. The summed E-state index contributed by atoms with van der Waals surface area (Å²) in [4.78, 5) is 0. The molecular formula is H2FNaTi2. The summed E-state index contributed by atoms with van der Waals surface area (Å²) in [6.07, 6.45) is 0. The molecule has 0 nitrogen and oxygen atoms in total. The Bertz CT molecular complexity index is 6.00. The van der Waals surface area contributed by atoms with E-state index in [4.69, 9.17) is 0 Å². The molecule has 18 valence electrons. The molecule has 0 heterocycles. The molecule has 0 aromatic heterocycles. The SMILES string of the molecule is F.[NaH].[Ti].[Ti]. The van der Waals surface area contributed by atoms with Crippen LogP contribution in [-0.2, 0) is 43.4 Å². The Morgan fingerprint density at radius 3 is 0.750 bits per heavy atom. The first-order valence-electron chi connectivity index (χ1n) is 0. The monoisotopic (exact) mass is 140 g/mol. The average Bonchev–Trinajstić information content (AvgIpc) is 0. The van der Waals surface area contributed by atoms with E-state index in [9.17, 15) is 0 Å². The van der Waals surface area contributed by atoms with Gasteiger partial charge >= 0.3 is 29.6 Å². The van der Waals surface area contributed by atoms with Crippen LogP contribution in [-0.4, -0.2) is 29.6 Å². The summed E-state index contributed by atoms with van der Waals surface area (Å²) < 4.78 is 0. The Hall–Kier alpha value is 2.36. The molecular weight excluding hydrogens is 138 g/mol. The molecule has 4 heavy (non-hydrogen) atoms. The third kappa shape index (κ3) is 8.84. The molecule has 0 unspecified atom stereocenters. The zero-order chi connectivity index (χ0) is 0. The average molecular weight is 140 g/mol. The molecule has 0 radical (unpaired) electrons. The van der Waals surface area contributed by atoms with Crippen LogP contribution in [0.1, 0.15) is 0 Å². The molecule has 0 saturated carbocycles. The minimum Gasteiger partial charge on any atom is 0 e. The molecule has 0 rings (SSSR count). The van der Waals surface area contributed by atoms with Crippen molar-refractivity contribution in [2.45, 2.75) is 0 Å². The van der Waals surface area contributed by atoms with Crippen LogP contribution in [0.15, 0.2) is 0 Å². The molecule has 0 aliphatic rings. The van der Waals surface area contributed by atoms with E-state index in [0.717, 1.165) is 0 Å². The van der Waals surface area contributed by atoms with Crippen LogP contribution in [0.2, 0.25) is 0 Å². The number of rotatable bonds is 0. The minimum atomic E-state index is 0. The summed E-state index contributed by atoms with van der Waals surface area (Å²) >= 11 is 0. The number of hydrogen-bond donors (Lipinski definition) is 0. The van der Waals surface area contributed by atoms with E-state index in [1.54, 1.807) is 0 Å². The van der Waals surface area contributed by atoms with Crippen LogP contribution in [0, 0.1) is 0 Å². The maximum atomic E-state index is 0. The molecule has 0 fully saturated rings. The quantitative estimate of drug-likeness (QED) is 0.397. The van der Waals surface area contributed by atoms with Gasteiger partial charge in [0.15, 0.2) is 0 Å². The van der Waals surface area contributed by atoms with E-state index < -0.39 is 0 Å². The van der Waals surface area contributed by atoms with Crippen molar-refractivity contribution >= 4 is 29.6 Å². The molecule has 0 amide bonds. The van der Waals surface area contributed by atoms with Crippen molar-refractivity contribution in [2.24, 2.45) is 0 Å². The smallest absolute Gasteiger partial charge is 0 e. The van der Waals surface area contributed by atoms with Crippen LogP contribution in [0.25, 0.3) is 0 Å². The zero-order valence-corrected chi connectivity index (χ0v) is 4.53. The van der Waals surface area contributed by atoms with Gasteiger partial charge in [0.1, 0.15) is 0 Å². The topological polar surface area (TPSA) is 0 Å². The fourth-order valence-electron chi connectivity index (χ4n) is 0. The molecule has 0 aromatic rings. The summed E-state index contributed by atoms with van der Waals surface area (Å²) in [6, 6.07) is 0. The van der Waals surface area contributed by atoms with Gasteiger partial charge in [0.2, 0.25) is 0 Å². The first kappa shape index (κ1) is 32.8. The Kier molecular flexibility index (Phi) is 150. The molecule has 0 saturated heterocycles. The van der Waals surface area contributed by atoms with Crippen LogP contribution in [0.5, 0.6) is 0 Å². The third-order valence-corrected chi connectivity index (χ3v) is 0. The molecule has 0 bridgehead atoms. The second kappa shape index (κ2) is 18.3. The summed E-state index contributed by atoms with van der Waals surface area (Å²) in [6.45, 7) is 0. The molecule has 0 aromatic carbocycles. The molecule has 0 N–H and O–H groups in total. The maximum absolute atomic E-state index is 0. The summed E-state index contributed by atoms with van der Waals surface area (Å²) in [5.41, 5.74) is 0. The first-order chi connectivity index (χ1) is 0. The Balaban J connectivity index is 0. The summed E-state index contributed by atoms with van der Waals surface area (Å²) in [5, 5.41) is 0. The van der Waals surface area contributed by atoms with Gasteiger partial charge in [-0.15, -0.1) is 0 Å². The van der Waals surface area contributed by atoms with Crippen LogP contribution >= 0.6 is 0 Å². The van der Waals surface area contributed by atoms with Gasteiger partial charge in [-0.1, -0.05) is 0 Å². The van der Waals surface area contributed by atoms with Gasteiger partial charge in [-0.25, -0.2) is 0 Å². The zero-order valence-electron chi connectivity index (χ0n) is 1.41. The van der Waals surface area contributed by atoms with Crippen LogP contribution in [0.4, 0.5) is 4.70 Å². The first-order valence-corrected chi connectivity index (χ1v) is 0. The van der Waals surface area contributed by atoms with Gasteiger partial charge in [-0.2, -0.15) is 0 Å². The Labute approximate surface area is 76.5 Å². The van der Waals surface area contributed by atoms with Gasteiger partial charge in [0.05, 0.1) is 0 Å². The fraction of sp³-hybridized carbons (Fsp3) is 0. The largest absolute Gasteiger partial charge is 0 e. The molecule has 0 atom stereocenters. The predicted molar refractivity (Wildman–Crippen MR) is 9.65 cm³/mol. The van der Waals surface area contributed by atoms with E-state index in [1.807, 2.05) is 0 Å². The second-order valence-corrected chi connectivity index (χ2v) is 0. The van der Waals surface area contributed by atoms with Gasteiger partial charge in [-0.05, 0) is 0 Å². The van der Waals surface area contributed by atoms with Crippen molar-refractivity contribution in [2.75, 3.05) is 0 Å². The van der Waals surface area contributed by atoms with Crippen molar-refractivity contribution in [3.05, 3.63) is 0 Å². The fourth-order valence-corrected chi connectivity index (χ4v) is 0. The molecule has 0 aliphatic carbocycles. The van der Waals surface area contributed by atoms with E-state index in [0.29, 0.717) is 0 Å². The molecule has 0 aliphatic heterocycles. The van der Waals surface area contributed by atoms with E-state index >= 15 is 0 Å². The van der Waals surface area contributed by atoms with Gasteiger partial charge in [-0.3, -0.25) is 4.70 Å². The van der Waals surface area contributed by atoms with Crippen molar-refractivity contribution in [1.82, 2.24) is 0 Å². The van der Waals surface area contributed by atoms with E-state index in [2.05, 4.69) is 0 Å². The number of hydrogen-bond acceptors (Lipinski definition) is 0. The van der Waals surface area contributed by atoms with E-state index in [-0.39, 0.29) is 77.7 Å². The van der Waals surface area contributed by atoms with Crippen molar-refractivity contribution < 1.29 is 48.1 Å². The Morgan fingerprint density at radius 1 is 0.750 bits per heavy atom. The predicted octanol–water partition coefficient (Wildman–Crippen LogP) is -0.501.